The molecule has 0 aliphatic carbocycles. The third-order valence-corrected chi connectivity index (χ3v) is 4.10. The van der Waals surface area contributed by atoms with Crippen LogP contribution in [0.25, 0.3) is 0 Å². The van der Waals surface area contributed by atoms with Gasteiger partial charge >= 0.3 is 0 Å². The van der Waals surface area contributed by atoms with Crippen LogP contribution in [0.4, 0.5) is 0 Å². The van der Waals surface area contributed by atoms with E-state index in [1.54, 1.807) is 7.11 Å². The summed E-state index contributed by atoms with van der Waals surface area (Å²) in [5.74, 6) is 0.720. The molecule has 0 unspecified atom stereocenters. The molecule has 1 aliphatic heterocycles. The molecule has 0 amide bonds. The normalized spacial score (nSPS) is 19.7. The molecule has 0 spiro atoms. The second kappa shape index (κ2) is 8.59. The highest BCUT2D eigenvalue weighted by Crippen LogP contribution is 2.25. The molecule has 2 rings (SSSR count). The first kappa shape index (κ1) is 16.6. The summed E-state index contributed by atoms with van der Waals surface area (Å²) in [7, 11) is 1.65. The Morgan fingerprint density at radius 2 is 2.24 bits per heavy atom. The highest BCUT2D eigenvalue weighted by Gasteiger charge is 2.16. The lowest BCUT2D eigenvalue weighted by atomic mass is 10.1. The van der Waals surface area contributed by atoms with Gasteiger partial charge in [-0.2, -0.15) is 0 Å². The van der Waals surface area contributed by atoms with E-state index in [4.69, 9.17) is 26.8 Å². The maximum Gasteiger partial charge on any atom is 0.138 e. The van der Waals surface area contributed by atoms with Crippen molar-refractivity contribution in [3.05, 3.63) is 28.8 Å². The van der Waals surface area contributed by atoms with Gasteiger partial charge in [0.25, 0.3) is 0 Å². The van der Waals surface area contributed by atoms with Crippen molar-refractivity contribution in [2.24, 2.45) is 5.73 Å². The van der Waals surface area contributed by atoms with E-state index in [9.17, 15) is 0 Å². The largest absolute Gasteiger partial charge is 0.490 e. The van der Waals surface area contributed by atoms with Gasteiger partial charge in [0.05, 0.1) is 11.6 Å². The second-order valence-corrected chi connectivity index (χ2v) is 5.97. The molecule has 0 aromatic heterocycles. The van der Waals surface area contributed by atoms with Crippen molar-refractivity contribution in [2.75, 3.05) is 40.0 Å². The molecular weight excluding hydrogens is 288 g/mol. The third kappa shape index (κ3) is 5.47. The minimum atomic E-state index is 0.332. The number of piperidine rings is 1. The van der Waals surface area contributed by atoms with Crippen LogP contribution in [-0.4, -0.2) is 50.9 Å². The van der Waals surface area contributed by atoms with Gasteiger partial charge < -0.3 is 20.1 Å². The zero-order valence-electron chi connectivity index (χ0n) is 12.7. The molecule has 1 aliphatic rings. The van der Waals surface area contributed by atoms with Gasteiger partial charge in [-0.05, 0) is 43.5 Å². The fraction of sp³-hybridized carbons (Fsp3) is 0.625. The van der Waals surface area contributed by atoms with Crippen LogP contribution in [0, 0.1) is 0 Å². The molecule has 0 radical (unpaired) electrons. The molecular formula is C16H25ClN2O2. The van der Waals surface area contributed by atoms with E-state index in [1.165, 1.54) is 12.0 Å². The number of likely N-dealkylation sites (tertiary alicyclic amines) is 1. The molecule has 1 atom stereocenters. The number of benzene rings is 1. The Kier molecular flexibility index (Phi) is 6.77. The molecule has 118 valence electrons. The standard InChI is InChI=1S/C16H25ClN2O2/c1-20-9-10-21-16-5-4-13(11-15(16)17)6-8-19-7-2-3-14(18)12-19/h4-5,11,14H,2-3,6-10,12,18H2,1H3/t14-/m1/s1. The minimum Gasteiger partial charge on any atom is -0.490 e. The van der Waals surface area contributed by atoms with Gasteiger partial charge in [-0.15, -0.1) is 0 Å². The van der Waals surface area contributed by atoms with Gasteiger partial charge in [0.1, 0.15) is 12.4 Å². The predicted octanol–water partition coefficient (Wildman–Crippen LogP) is 2.33. The fourth-order valence-corrected chi connectivity index (χ4v) is 2.89. The summed E-state index contributed by atoms with van der Waals surface area (Å²) in [6.45, 7) is 4.27. The summed E-state index contributed by atoms with van der Waals surface area (Å²) < 4.78 is 10.5. The predicted molar refractivity (Wildman–Crippen MR) is 86.2 cm³/mol. The van der Waals surface area contributed by atoms with Crippen molar-refractivity contribution in [3.63, 3.8) is 0 Å². The lowest BCUT2D eigenvalue weighted by Gasteiger charge is -2.30. The molecule has 1 heterocycles. The van der Waals surface area contributed by atoms with Crippen molar-refractivity contribution in [1.82, 2.24) is 4.90 Å². The number of nitrogens with zero attached hydrogens (tertiary/aromatic N) is 1. The molecule has 5 heteroatoms. The van der Waals surface area contributed by atoms with Gasteiger partial charge in [0, 0.05) is 26.2 Å². The minimum absolute atomic E-state index is 0.332. The van der Waals surface area contributed by atoms with Crippen molar-refractivity contribution < 1.29 is 9.47 Å². The van der Waals surface area contributed by atoms with E-state index >= 15 is 0 Å². The Balaban J connectivity index is 1.82. The molecule has 0 saturated carbocycles. The van der Waals surface area contributed by atoms with Crippen LogP contribution >= 0.6 is 11.6 Å². The first-order valence-corrected chi connectivity index (χ1v) is 7.95. The first-order valence-electron chi connectivity index (χ1n) is 7.57. The molecule has 1 aromatic rings. The zero-order valence-corrected chi connectivity index (χ0v) is 13.4. The Hall–Kier alpha value is -0.810. The van der Waals surface area contributed by atoms with Gasteiger partial charge in [0.15, 0.2) is 0 Å². The van der Waals surface area contributed by atoms with Crippen LogP contribution in [0.3, 0.4) is 0 Å². The molecule has 0 bridgehead atoms. The number of methoxy groups -OCH3 is 1. The van der Waals surface area contributed by atoms with Crippen LogP contribution in [0.1, 0.15) is 18.4 Å². The Labute approximate surface area is 132 Å². The summed E-state index contributed by atoms with van der Waals surface area (Å²) in [6.07, 6.45) is 3.34. The number of ether oxygens (including phenoxy) is 2. The van der Waals surface area contributed by atoms with E-state index in [1.807, 2.05) is 12.1 Å². The topological polar surface area (TPSA) is 47.7 Å². The monoisotopic (exact) mass is 312 g/mol. The van der Waals surface area contributed by atoms with Gasteiger partial charge in [-0.3, -0.25) is 0 Å². The molecule has 1 aromatic carbocycles. The summed E-state index contributed by atoms with van der Waals surface area (Å²) in [5, 5.41) is 0.666. The molecule has 2 N–H and O–H groups in total. The van der Waals surface area contributed by atoms with E-state index in [0.29, 0.717) is 24.3 Å². The van der Waals surface area contributed by atoms with Crippen molar-refractivity contribution in [1.29, 1.82) is 0 Å². The number of rotatable bonds is 7. The van der Waals surface area contributed by atoms with Crippen LogP contribution < -0.4 is 10.5 Å². The maximum atomic E-state index is 6.25. The third-order valence-electron chi connectivity index (χ3n) is 3.80. The summed E-state index contributed by atoms with van der Waals surface area (Å²) >= 11 is 6.25. The van der Waals surface area contributed by atoms with Crippen LogP contribution in [0.15, 0.2) is 18.2 Å². The van der Waals surface area contributed by atoms with Gasteiger partial charge in [0.2, 0.25) is 0 Å². The average Bonchev–Trinajstić information content (AvgIpc) is 2.47. The van der Waals surface area contributed by atoms with Crippen LogP contribution in [0.2, 0.25) is 5.02 Å². The number of halogens is 1. The van der Waals surface area contributed by atoms with Crippen molar-refractivity contribution >= 4 is 11.6 Å². The number of nitrogens with two attached hydrogens (primary N) is 1. The Morgan fingerprint density at radius 1 is 1.38 bits per heavy atom. The Morgan fingerprint density at radius 3 is 2.95 bits per heavy atom. The SMILES string of the molecule is COCCOc1ccc(CCN2CCC[C@@H](N)C2)cc1Cl. The van der Waals surface area contributed by atoms with Crippen molar-refractivity contribution in [2.45, 2.75) is 25.3 Å². The van der Waals surface area contributed by atoms with Crippen LogP contribution in [-0.2, 0) is 11.2 Å². The smallest absolute Gasteiger partial charge is 0.138 e. The van der Waals surface area contributed by atoms with E-state index < -0.39 is 0 Å². The molecule has 1 fully saturated rings. The maximum absolute atomic E-state index is 6.25. The molecule has 21 heavy (non-hydrogen) atoms. The highest BCUT2D eigenvalue weighted by atomic mass is 35.5. The van der Waals surface area contributed by atoms with E-state index in [0.717, 1.165) is 38.2 Å². The average molecular weight is 313 g/mol. The summed E-state index contributed by atoms with van der Waals surface area (Å²) in [5.41, 5.74) is 7.24. The highest BCUT2D eigenvalue weighted by molar-refractivity contribution is 6.32. The van der Waals surface area contributed by atoms with Gasteiger partial charge in [-0.1, -0.05) is 17.7 Å². The second-order valence-electron chi connectivity index (χ2n) is 5.56. The van der Waals surface area contributed by atoms with E-state index in [-0.39, 0.29) is 0 Å². The van der Waals surface area contributed by atoms with Crippen LogP contribution in [0.5, 0.6) is 5.75 Å². The molecule has 1 saturated heterocycles. The van der Waals surface area contributed by atoms with Gasteiger partial charge in [-0.25, -0.2) is 0 Å². The lowest BCUT2D eigenvalue weighted by molar-refractivity contribution is 0.146. The number of hydrogen-bond donors (Lipinski definition) is 1. The first-order chi connectivity index (χ1) is 10.2. The fourth-order valence-electron chi connectivity index (χ4n) is 2.63. The van der Waals surface area contributed by atoms with Crippen molar-refractivity contribution in [3.8, 4) is 5.75 Å². The lowest BCUT2D eigenvalue weighted by Crippen LogP contribution is -2.43. The number of hydrogen-bond acceptors (Lipinski definition) is 4. The quantitative estimate of drug-likeness (QED) is 0.785. The zero-order chi connectivity index (χ0) is 15.1. The Bertz CT molecular complexity index is 442. The summed E-state index contributed by atoms with van der Waals surface area (Å²) in [4.78, 5) is 2.44. The summed E-state index contributed by atoms with van der Waals surface area (Å²) in [6, 6.07) is 6.35. The molecule has 4 nitrogen and oxygen atoms in total. The van der Waals surface area contributed by atoms with E-state index in [2.05, 4.69) is 11.0 Å².